The number of carboxylic acids is 1. The second-order valence-corrected chi connectivity index (χ2v) is 5.49. The molecule has 0 fully saturated rings. The van der Waals surface area contributed by atoms with Crippen LogP contribution in [0.15, 0.2) is 24.3 Å². The van der Waals surface area contributed by atoms with E-state index in [9.17, 15) is 9.90 Å². The molecule has 0 spiro atoms. The van der Waals surface area contributed by atoms with Crippen molar-refractivity contribution in [1.29, 1.82) is 0 Å². The molecular formula is C15H20O3. The van der Waals surface area contributed by atoms with Crippen LogP contribution in [-0.2, 0) is 20.5 Å². The summed E-state index contributed by atoms with van der Waals surface area (Å²) in [5, 5.41) is 9.61. The number of aliphatic carboxylic acids is 1. The number of rotatable bonds is 3. The Labute approximate surface area is 108 Å². The Morgan fingerprint density at radius 1 is 1.28 bits per heavy atom. The van der Waals surface area contributed by atoms with Crippen LogP contribution in [0.2, 0.25) is 0 Å². The van der Waals surface area contributed by atoms with E-state index in [0.717, 1.165) is 17.5 Å². The molecule has 0 amide bonds. The first kappa shape index (κ1) is 13.1. The van der Waals surface area contributed by atoms with Crippen LogP contribution in [0.4, 0.5) is 0 Å². The van der Waals surface area contributed by atoms with Crippen LogP contribution < -0.4 is 0 Å². The molecule has 0 radical (unpaired) electrons. The zero-order valence-electron chi connectivity index (χ0n) is 11.2. The molecule has 1 atom stereocenters. The quantitative estimate of drug-likeness (QED) is 0.894. The van der Waals surface area contributed by atoms with Crippen LogP contribution in [0.1, 0.15) is 44.7 Å². The minimum Gasteiger partial charge on any atom is -0.479 e. The van der Waals surface area contributed by atoms with E-state index in [1.165, 1.54) is 0 Å². The van der Waals surface area contributed by atoms with Crippen molar-refractivity contribution < 1.29 is 14.6 Å². The molecule has 98 valence electrons. The summed E-state index contributed by atoms with van der Waals surface area (Å²) < 4.78 is 5.65. The molecular weight excluding hydrogens is 228 g/mol. The molecule has 1 N–H and O–H groups in total. The highest BCUT2D eigenvalue weighted by molar-refractivity contribution is 5.81. The molecule has 18 heavy (non-hydrogen) atoms. The number of benzene rings is 1. The fourth-order valence-corrected chi connectivity index (χ4v) is 2.86. The Kier molecular flexibility index (Phi) is 3.20. The fraction of sp³-hybridized carbons (Fsp3) is 0.533. The zero-order chi connectivity index (χ0) is 13.4. The van der Waals surface area contributed by atoms with Gasteiger partial charge in [-0.2, -0.15) is 0 Å². The molecule has 3 heteroatoms. The largest absolute Gasteiger partial charge is 0.479 e. The molecule has 0 heterocycles. The van der Waals surface area contributed by atoms with Crippen LogP contribution in [0, 0.1) is 0 Å². The monoisotopic (exact) mass is 248 g/mol. The van der Waals surface area contributed by atoms with Crippen LogP contribution in [0.3, 0.4) is 0 Å². The Morgan fingerprint density at radius 2 is 1.89 bits per heavy atom. The molecule has 1 unspecified atom stereocenters. The second kappa shape index (κ2) is 4.39. The van der Waals surface area contributed by atoms with Crippen molar-refractivity contribution in [3.63, 3.8) is 0 Å². The van der Waals surface area contributed by atoms with Gasteiger partial charge in [0.2, 0.25) is 0 Å². The molecule has 0 bridgehead atoms. The smallest absolute Gasteiger partial charge is 0.340 e. The fourth-order valence-electron chi connectivity index (χ4n) is 2.86. The van der Waals surface area contributed by atoms with Gasteiger partial charge in [-0.15, -0.1) is 0 Å². The summed E-state index contributed by atoms with van der Waals surface area (Å²) in [7, 11) is 0. The predicted octanol–water partition coefficient (Wildman–Crippen LogP) is 3.07. The third-order valence-corrected chi connectivity index (χ3v) is 3.93. The van der Waals surface area contributed by atoms with E-state index >= 15 is 0 Å². The highest BCUT2D eigenvalue weighted by atomic mass is 16.5. The summed E-state index contributed by atoms with van der Waals surface area (Å²) in [6, 6.07) is 7.76. The number of carbonyl (C=O) groups is 1. The maximum atomic E-state index is 11.7. The van der Waals surface area contributed by atoms with Crippen molar-refractivity contribution in [1.82, 2.24) is 0 Å². The zero-order valence-corrected chi connectivity index (χ0v) is 11.2. The number of hydrogen-bond donors (Lipinski definition) is 1. The number of ether oxygens (including phenoxy) is 1. The van der Waals surface area contributed by atoms with Gasteiger partial charge in [0.1, 0.15) is 0 Å². The standard InChI is InChI=1S/C15H20O3/c1-4-18-15(13(16)17)10-9-14(2,3)11-7-5-6-8-12(11)15/h5-8H,4,9-10H2,1-3H3,(H,16,17). The minimum absolute atomic E-state index is 0.00659. The molecule has 1 aromatic rings. The van der Waals surface area contributed by atoms with E-state index in [2.05, 4.69) is 13.8 Å². The van der Waals surface area contributed by atoms with Gasteiger partial charge in [0.25, 0.3) is 0 Å². The van der Waals surface area contributed by atoms with Gasteiger partial charge in [0.05, 0.1) is 0 Å². The lowest BCUT2D eigenvalue weighted by Crippen LogP contribution is -2.45. The van der Waals surface area contributed by atoms with Crippen LogP contribution >= 0.6 is 0 Å². The van der Waals surface area contributed by atoms with Crippen LogP contribution in [0.25, 0.3) is 0 Å². The first-order chi connectivity index (χ1) is 8.44. The molecule has 2 rings (SSSR count). The van der Waals surface area contributed by atoms with E-state index in [0.29, 0.717) is 13.0 Å². The summed E-state index contributed by atoms with van der Waals surface area (Å²) >= 11 is 0. The van der Waals surface area contributed by atoms with Gasteiger partial charge in [-0.05, 0) is 36.3 Å². The number of fused-ring (bicyclic) bond motifs is 1. The summed E-state index contributed by atoms with van der Waals surface area (Å²) in [6.07, 6.45) is 1.34. The van der Waals surface area contributed by atoms with Crippen molar-refractivity contribution in [3.8, 4) is 0 Å². The molecule has 0 aromatic heterocycles. The van der Waals surface area contributed by atoms with Crippen molar-refractivity contribution in [2.24, 2.45) is 0 Å². The van der Waals surface area contributed by atoms with Crippen LogP contribution in [0.5, 0.6) is 0 Å². The van der Waals surface area contributed by atoms with Gasteiger partial charge in [0.15, 0.2) is 5.60 Å². The average Bonchev–Trinajstić information content (AvgIpc) is 2.33. The van der Waals surface area contributed by atoms with Gasteiger partial charge < -0.3 is 9.84 Å². The Bertz CT molecular complexity index is 465. The van der Waals surface area contributed by atoms with E-state index < -0.39 is 11.6 Å². The molecule has 1 aromatic carbocycles. The summed E-state index contributed by atoms with van der Waals surface area (Å²) in [5.74, 6) is -0.882. The lowest BCUT2D eigenvalue weighted by molar-refractivity contribution is -0.170. The maximum absolute atomic E-state index is 11.7. The number of hydrogen-bond acceptors (Lipinski definition) is 2. The molecule has 1 aliphatic carbocycles. The lowest BCUT2D eigenvalue weighted by atomic mass is 9.66. The SMILES string of the molecule is CCOC1(C(=O)O)CCC(C)(C)c2ccccc21. The van der Waals surface area contributed by atoms with Crippen molar-refractivity contribution in [2.45, 2.75) is 44.6 Å². The molecule has 1 aliphatic rings. The molecule has 0 saturated carbocycles. The Balaban J connectivity index is 2.62. The molecule has 0 aliphatic heterocycles. The third kappa shape index (κ3) is 1.83. The summed E-state index contributed by atoms with van der Waals surface area (Å²) in [5.41, 5.74) is 0.746. The summed E-state index contributed by atoms with van der Waals surface area (Å²) in [4.78, 5) is 11.7. The van der Waals surface area contributed by atoms with Gasteiger partial charge in [-0.1, -0.05) is 38.1 Å². The Hall–Kier alpha value is -1.35. The maximum Gasteiger partial charge on any atom is 0.340 e. The van der Waals surface area contributed by atoms with Crippen LogP contribution in [-0.4, -0.2) is 17.7 Å². The number of carboxylic acid groups (broad SMARTS) is 1. The van der Waals surface area contributed by atoms with Gasteiger partial charge in [0, 0.05) is 6.61 Å². The normalized spacial score (nSPS) is 25.5. The summed E-state index contributed by atoms with van der Waals surface area (Å²) in [6.45, 7) is 6.56. The highest BCUT2D eigenvalue weighted by Gasteiger charge is 2.48. The first-order valence-electron chi connectivity index (χ1n) is 6.41. The Morgan fingerprint density at radius 3 is 2.44 bits per heavy atom. The van der Waals surface area contributed by atoms with Crippen molar-refractivity contribution >= 4 is 5.97 Å². The topological polar surface area (TPSA) is 46.5 Å². The minimum atomic E-state index is -1.17. The van der Waals surface area contributed by atoms with Crippen molar-refractivity contribution in [2.75, 3.05) is 6.61 Å². The van der Waals surface area contributed by atoms with E-state index in [-0.39, 0.29) is 5.41 Å². The first-order valence-corrected chi connectivity index (χ1v) is 6.41. The second-order valence-electron chi connectivity index (χ2n) is 5.49. The lowest BCUT2D eigenvalue weighted by Gasteiger charge is -2.42. The van der Waals surface area contributed by atoms with Crippen molar-refractivity contribution in [3.05, 3.63) is 35.4 Å². The van der Waals surface area contributed by atoms with E-state index in [1.54, 1.807) is 0 Å². The van der Waals surface area contributed by atoms with Gasteiger partial charge in [-0.25, -0.2) is 4.79 Å². The molecule has 3 nitrogen and oxygen atoms in total. The molecule has 0 saturated heterocycles. The van der Waals surface area contributed by atoms with Gasteiger partial charge >= 0.3 is 5.97 Å². The van der Waals surface area contributed by atoms with Gasteiger partial charge in [-0.3, -0.25) is 0 Å². The highest BCUT2D eigenvalue weighted by Crippen LogP contribution is 2.46. The predicted molar refractivity (Wildman–Crippen MR) is 69.6 cm³/mol. The van der Waals surface area contributed by atoms with E-state index in [1.807, 2.05) is 31.2 Å². The third-order valence-electron chi connectivity index (χ3n) is 3.93. The average molecular weight is 248 g/mol. The van der Waals surface area contributed by atoms with E-state index in [4.69, 9.17) is 4.74 Å².